The first-order valence-electron chi connectivity index (χ1n) is 12.0. The van der Waals surface area contributed by atoms with Gasteiger partial charge in [-0.3, -0.25) is 9.69 Å². The van der Waals surface area contributed by atoms with Gasteiger partial charge in [0.15, 0.2) is 21.3 Å². The number of likely N-dealkylation sites (tertiary alicyclic amines) is 1. The highest BCUT2D eigenvalue weighted by molar-refractivity contribution is 7.91. The quantitative estimate of drug-likeness (QED) is 0.455. The van der Waals surface area contributed by atoms with Crippen LogP contribution in [-0.4, -0.2) is 64.4 Å². The molecule has 0 radical (unpaired) electrons. The van der Waals surface area contributed by atoms with Gasteiger partial charge in [0.05, 0.1) is 25.4 Å². The number of carbonyl (C=O) groups is 1. The minimum atomic E-state index is -3.19. The molecule has 0 N–H and O–H groups in total. The number of hydrogen-bond acceptors (Lipinski definition) is 8. The molecule has 9 heteroatoms. The second-order valence-electron chi connectivity index (χ2n) is 8.86. The summed E-state index contributed by atoms with van der Waals surface area (Å²) in [6.07, 6.45) is 0.579. The van der Waals surface area contributed by atoms with Crippen molar-refractivity contribution in [3.8, 4) is 17.2 Å². The number of esters is 1. The predicted molar refractivity (Wildman–Crippen MR) is 132 cm³/mol. The summed E-state index contributed by atoms with van der Waals surface area (Å²) in [6, 6.07) is 13.0. The Morgan fingerprint density at radius 3 is 2.43 bits per heavy atom. The van der Waals surface area contributed by atoms with Crippen LogP contribution in [-0.2, 0) is 19.4 Å². The summed E-state index contributed by atoms with van der Waals surface area (Å²) in [6.45, 7) is 4.93. The summed E-state index contributed by atoms with van der Waals surface area (Å²) >= 11 is 0. The predicted octanol–water partition coefficient (Wildman–Crippen LogP) is 3.57. The van der Waals surface area contributed by atoms with Crippen LogP contribution < -0.4 is 14.2 Å². The van der Waals surface area contributed by atoms with Crippen LogP contribution in [0.5, 0.6) is 17.2 Å². The van der Waals surface area contributed by atoms with E-state index in [1.165, 1.54) is 0 Å². The molecule has 35 heavy (non-hydrogen) atoms. The van der Waals surface area contributed by atoms with Gasteiger partial charge in [-0.1, -0.05) is 25.1 Å². The van der Waals surface area contributed by atoms with Crippen LogP contribution in [0.2, 0.25) is 0 Å². The molecule has 0 amide bonds. The van der Waals surface area contributed by atoms with Crippen molar-refractivity contribution >= 4 is 15.8 Å². The first-order chi connectivity index (χ1) is 16.9. The zero-order valence-corrected chi connectivity index (χ0v) is 21.3. The van der Waals surface area contributed by atoms with Crippen molar-refractivity contribution in [2.45, 2.75) is 32.2 Å². The van der Waals surface area contributed by atoms with Gasteiger partial charge in [-0.15, -0.1) is 0 Å². The largest absolute Gasteiger partial charge is 0.497 e. The van der Waals surface area contributed by atoms with Crippen molar-refractivity contribution in [1.82, 2.24) is 4.90 Å². The number of sulfone groups is 1. The molecule has 0 bridgehead atoms. The summed E-state index contributed by atoms with van der Waals surface area (Å²) in [5.74, 6) is 1.21. The zero-order chi connectivity index (χ0) is 25.0. The van der Waals surface area contributed by atoms with Crippen LogP contribution in [0.25, 0.3) is 0 Å². The Morgan fingerprint density at radius 2 is 1.74 bits per heavy atom. The number of benzene rings is 2. The van der Waals surface area contributed by atoms with E-state index < -0.39 is 15.8 Å². The maximum absolute atomic E-state index is 13.4. The molecular formula is C26H33NO7S. The third kappa shape index (κ3) is 5.56. The molecule has 2 aliphatic heterocycles. The van der Waals surface area contributed by atoms with E-state index in [0.717, 1.165) is 11.1 Å². The smallest absolute Gasteiger partial charge is 0.311 e. The average molecular weight is 504 g/mol. The minimum Gasteiger partial charge on any atom is -0.497 e. The summed E-state index contributed by atoms with van der Waals surface area (Å²) < 4.78 is 47.0. The van der Waals surface area contributed by atoms with Crippen LogP contribution in [0.15, 0.2) is 42.5 Å². The van der Waals surface area contributed by atoms with Crippen LogP contribution in [0.1, 0.15) is 43.4 Å². The second-order valence-corrected chi connectivity index (χ2v) is 11.2. The number of ether oxygens (including phenoxy) is 4. The first-order valence-corrected chi connectivity index (χ1v) is 13.8. The van der Waals surface area contributed by atoms with Gasteiger partial charge in [-0.25, -0.2) is 8.42 Å². The monoisotopic (exact) mass is 503 g/mol. The molecule has 4 rings (SSSR count). The molecule has 2 aromatic carbocycles. The van der Waals surface area contributed by atoms with Crippen LogP contribution in [0, 0.1) is 5.92 Å². The molecule has 3 atom stereocenters. The van der Waals surface area contributed by atoms with E-state index >= 15 is 0 Å². The molecular weight excluding hydrogens is 470 g/mol. The van der Waals surface area contributed by atoms with Crippen molar-refractivity contribution in [3.05, 3.63) is 53.6 Å². The third-order valence-corrected chi connectivity index (χ3v) is 8.48. The SMILES string of the molecule is CCCS(=O)(=O)CCN1C[C@@H](c2ccc3c(c2)OCO3)[C@H](C(=O)OCC)[C@H]1c1ccc(OC)cc1. The molecule has 0 aliphatic carbocycles. The average Bonchev–Trinajstić information content (AvgIpc) is 3.47. The topological polar surface area (TPSA) is 91.4 Å². The van der Waals surface area contributed by atoms with Crippen molar-refractivity contribution < 1.29 is 32.2 Å². The Balaban J connectivity index is 1.73. The molecule has 0 aromatic heterocycles. The van der Waals surface area contributed by atoms with Gasteiger partial charge >= 0.3 is 5.97 Å². The highest BCUT2D eigenvalue weighted by atomic mass is 32.2. The van der Waals surface area contributed by atoms with Crippen molar-refractivity contribution in [2.75, 3.05) is 45.1 Å². The molecule has 2 heterocycles. The molecule has 0 saturated carbocycles. The lowest BCUT2D eigenvalue weighted by atomic mass is 9.82. The number of rotatable bonds is 10. The van der Waals surface area contributed by atoms with Crippen molar-refractivity contribution in [1.29, 1.82) is 0 Å². The van der Waals surface area contributed by atoms with Crippen molar-refractivity contribution in [3.63, 3.8) is 0 Å². The zero-order valence-electron chi connectivity index (χ0n) is 20.4. The molecule has 2 aromatic rings. The minimum absolute atomic E-state index is 0.0386. The number of methoxy groups -OCH3 is 1. The van der Waals surface area contributed by atoms with Gasteiger partial charge in [0.2, 0.25) is 6.79 Å². The fraction of sp³-hybridized carbons (Fsp3) is 0.500. The molecule has 8 nitrogen and oxygen atoms in total. The maximum atomic E-state index is 13.4. The molecule has 1 fully saturated rings. The maximum Gasteiger partial charge on any atom is 0.311 e. The number of fused-ring (bicyclic) bond motifs is 1. The molecule has 0 spiro atoms. The van der Waals surface area contributed by atoms with E-state index in [1.54, 1.807) is 14.0 Å². The van der Waals surface area contributed by atoms with Crippen LogP contribution in [0.4, 0.5) is 0 Å². The lowest BCUT2D eigenvalue weighted by Crippen LogP contribution is -2.33. The molecule has 190 valence electrons. The van der Waals surface area contributed by atoms with E-state index in [1.807, 2.05) is 49.4 Å². The van der Waals surface area contributed by atoms with Gasteiger partial charge in [0.1, 0.15) is 5.75 Å². The Morgan fingerprint density at radius 1 is 1.03 bits per heavy atom. The summed E-state index contributed by atoms with van der Waals surface area (Å²) in [7, 11) is -1.58. The van der Waals surface area contributed by atoms with E-state index in [4.69, 9.17) is 18.9 Å². The molecule has 1 saturated heterocycles. The Hall–Kier alpha value is -2.78. The summed E-state index contributed by atoms with van der Waals surface area (Å²) in [4.78, 5) is 15.5. The Kier molecular flexibility index (Phi) is 7.86. The van der Waals surface area contributed by atoms with E-state index in [2.05, 4.69) is 4.90 Å². The van der Waals surface area contributed by atoms with E-state index in [0.29, 0.717) is 36.8 Å². The summed E-state index contributed by atoms with van der Waals surface area (Å²) in [5, 5.41) is 0. The normalized spacial score (nSPS) is 21.7. The van der Waals surface area contributed by atoms with E-state index in [9.17, 15) is 13.2 Å². The third-order valence-electron chi connectivity index (χ3n) is 6.64. The fourth-order valence-electron chi connectivity index (χ4n) is 5.03. The lowest BCUT2D eigenvalue weighted by Gasteiger charge is -2.28. The molecule has 2 aliphatic rings. The van der Waals surface area contributed by atoms with Crippen LogP contribution >= 0.6 is 0 Å². The van der Waals surface area contributed by atoms with Gasteiger partial charge in [-0.05, 0) is 48.7 Å². The second kappa shape index (κ2) is 10.9. The van der Waals surface area contributed by atoms with Crippen LogP contribution in [0.3, 0.4) is 0 Å². The lowest BCUT2D eigenvalue weighted by molar-refractivity contribution is -0.149. The van der Waals surface area contributed by atoms with E-state index in [-0.39, 0.29) is 42.8 Å². The van der Waals surface area contributed by atoms with Crippen molar-refractivity contribution in [2.24, 2.45) is 5.92 Å². The fourth-order valence-corrected chi connectivity index (χ4v) is 6.37. The number of nitrogens with zero attached hydrogens (tertiary/aromatic N) is 1. The highest BCUT2D eigenvalue weighted by Gasteiger charge is 2.48. The number of carbonyl (C=O) groups excluding carboxylic acids is 1. The Bertz CT molecular complexity index is 1130. The van der Waals surface area contributed by atoms with Gasteiger partial charge in [0.25, 0.3) is 0 Å². The first kappa shape index (κ1) is 25.3. The van der Waals surface area contributed by atoms with Gasteiger partial charge in [0, 0.05) is 30.8 Å². The number of hydrogen-bond donors (Lipinski definition) is 0. The molecule has 0 unspecified atom stereocenters. The highest BCUT2D eigenvalue weighted by Crippen LogP contribution is 2.48. The summed E-state index contributed by atoms with van der Waals surface area (Å²) in [5.41, 5.74) is 1.85. The Labute approximate surface area is 207 Å². The van der Waals surface area contributed by atoms with Gasteiger partial charge in [-0.2, -0.15) is 0 Å². The van der Waals surface area contributed by atoms with Gasteiger partial charge < -0.3 is 18.9 Å². The standard InChI is InChI=1S/C26H33NO7S/c1-4-13-35(29,30)14-12-27-16-21(19-8-11-22-23(15-19)34-17-33-22)24(26(28)32-5-2)25(27)18-6-9-20(31-3)10-7-18/h6-11,15,21,24-25H,4-5,12-14,16-17H2,1-3H3/t21-,24-,25+/m0/s1.